The summed E-state index contributed by atoms with van der Waals surface area (Å²) in [5.41, 5.74) is 0.0696. The predicted octanol–water partition coefficient (Wildman–Crippen LogP) is 3.98. The van der Waals surface area contributed by atoms with Crippen molar-refractivity contribution in [1.82, 2.24) is 14.8 Å². The molecular weight excluding hydrogens is 222 g/mol. The molecule has 0 saturated heterocycles. The van der Waals surface area contributed by atoms with E-state index in [-0.39, 0.29) is 5.54 Å². The van der Waals surface area contributed by atoms with Crippen molar-refractivity contribution in [1.29, 1.82) is 0 Å². The lowest BCUT2D eigenvalue weighted by atomic mass is 9.89. The van der Waals surface area contributed by atoms with Crippen LogP contribution in [0.15, 0.2) is 0 Å². The molecule has 0 amide bonds. The summed E-state index contributed by atoms with van der Waals surface area (Å²) in [5.74, 6) is 1.35. The van der Waals surface area contributed by atoms with Crippen LogP contribution in [0.25, 0.3) is 0 Å². The minimum absolute atomic E-state index is 0.0696. The van der Waals surface area contributed by atoms with E-state index in [1.54, 1.807) is 0 Å². The van der Waals surface area contributed by atoms with Gasteiger partial charge in [-0.2, -0.15) is 0 Å². The van der Waals surface area contributed by atoms with E-state index in [1.807, 2.05) is 0 Å². The Labute approximate surface area is 103 Å². The lowest BCUT2D eigenvalue weighted by molar-refractivity contribution is 0.240. The van der Waals surface area contributed by atoms with Crippen LogP contribution in [0.3, 0.4) is 0 Å². The SMILES string of the molecule is CCC(CC)(CC)n1c(Cl)nnc1C(C)C. The van der Waals surface area contributed by atoms with Gasteiger partial charge in [0.15, 0.2) is 0 Å². The molecule has 0 aliphatic carbocycles. The molecule has 0 atom stereocenters. The van der Waals surface area contributed by atoms with Gasteiger partial charge in [-0.3, -0.25) is 4.57 Å². The molecule has 0 bridgehead atoms. The fourth-order valence-corrected chi connectivity index (χ4v) is 2.62. The molecule has 0 N–H and O–H groups in total. The molecule has 0 aliphatic heterocycles. The summed E-state index contributed by atoms with van der Waals surface area (Å²) in [6.45, 7) is 10.9. The van der Waals surface area contributed by atoms with E-state index < -0.39 is 0 Å². The molecule has 1 heterocycles. The van der Waals surface area contributed by atoms with Crippen LogP contribution in [0.5, 0.6) is 0 Å². The van der Waals surface area contributed by atoms with Gasteiger partial charge in [-0.05, 0) is 30.9 Å². The Morgan fingerprint density at radius 3 is 2.00 bits per heavy atom. The largest absolute Gasteiger partial charge is 0.295 e. The monoisotopic (exact) mass is 243 g/mol. The van der Waals surface area contributed by atoms with Crippen molar-refractivity contribution < 1.29 is 0 Å². The Morgan fingerprint density at radius 1 is 1.12 bits per heavy atom. The Kier molecular flexibility index (Phi) is 4.36. The Morgan fingerprint density at radius 2 is 1.62 bits per heavy atom. The summed E-state index contributed by atoms with van der Waals surface area (Å²) < 4.78 is 2.14. The molecule has 0 unspecified atom stereocenters. The smallest absolute Gasteiger partial charge is 0.225 e. The second kappa shape index (κ2) is 5.17. The number of aromatic nitrogens is 3. The minimum atomic E-state index is 0.0696. The molecule has 92 valence electrons. The van der Waals surface area contributed by atoms with Crippen molar-refractivity contribution in [3.05, 3.63) is 11.1 Å². The Balaban J connectivity index is 3.33. The summed E-state index contributed by atoms with van der Waals surface area (Å²) in [7, 11) is 0. The highest BCUT2D eigenvalue weighted by molar-refractivity contribution is 6.28. The van der Waals surface area contributed by atoms with Crippen LogP contribution in [-0.2, 0) is 5.54 Å². The first kappa shape index (κ1) is 13.5. The van der Waals surface area contributed by atoms with Gasteiger partial charge in [0.05, 0.1) is 0 Å². The fraction of sp³-hybridized carbons (Fsp3) is 0.833. The summed E-state index contributed by atoms with van der Waals surface area (Å²) in [6, 6.07) is 0. The van der Waals surface area contributed by atoms with Crippen molar-refractivity contribution >= 4 is 11.6 Å². The summed E-state index contributed by atoms with van der Waals surface area (Å²) >= 11 is 6.20. The zero-order valence-electron chi connectivity index (χ0n) is 10.9. The first-order valence-corrected chi connectivity index (χ1v) is 6.51. The number of hydrogen-bond donors (Lipinski definition) is 0. The second-order valence-corrected chi connectivity index (χ2v) is 4.94. The number of rotatable bonds is 5. The molecule has 1 aromatic rings. The van der Waals surface area contributed by atoms with Gasteiger partial charge in [-0.1, -0.05) is 34.6 Å². The van der Waals surface area contributed by atoms with Crippen LogP contribution < -0.4 is 0 Å². The molecule has 1 rings (SSSR count). The Hall–Kier alpha value is -0.570. The van der Waals surface area contributed by atoms with Gasteiger partial charge in [0.25, 0.3) is 0 Å². The van der Waals surface area contributed by atoms with E-state index >= 15 is 0 Å². The number of hydrogen-bond acceptors (Lipinski definition) is 2. The van der Waals surface area contributed by atoms with Crippen molar-refractivity contribution in [2.24, 2.45) is 0 Å². The van der Waals surface area contributed by atoms with Gasteiger partial charge in [0.2, 0.25) is 5.28 Å². The third-order valence-electron chi connectivity index (χ3n) is 3.61. The van der Waals surface area contributed by atoms with E-state index in [0.717, 1.165) is 25.1 Å². The van der Waals surface area contributed by atoms with Crippen LogP contribution in [-0.4, -0.2) is 14.8 Å². The molecule has 0 fully saturated rings. The average Bonchev–Trinajstić information content (AvgIpc) is 2.65. The van der Waals surface area contributed by atoms with Gasteiger partial charge >= 0.3 is 0 Å². The summed E-state index contributed by atoms with van der Waals surface area (Å²) in [5, 5.41) is 8.75. The highest BCUT2D eigenvalue weighted by atomic mass is 35.5. The van der Waals surface area contributed by atoms with Gasteiger partial charge in [0, 0.05) is 11.5 Å². The van der Waals surface area contributed by atoms with Crippen LogP contribution in [0.2, 0.25) is 5.28 Å². The lowest BCUT2D eigenvalue weighted by Gasteiger charge is -2.34. The molecule has 0 saturated carbocycles. The maximum atomic E-state index is 6.20. The summed E-state index contributed by atoms with van der Waals surface area (Å²) in [6.07, 6.45) is 3.16. The standard InChI is InChI=1S/C12H22ClN3/c1-6-12(7-2,8-3)16-10(9(4)5)14-15-11(16)13/h9H,6-8H2,1-5H3. The maximum absolute atomic E-state index is 6.20. The normalized spacial score (nSPS) is 12.4. The highest BCUT2D eigenvalue weighted by Gasteiger charge is 2.32. The van der Waals surface area contributed by atoms with Crippen LogP contribution >= 0.6 is 11.6 Å². The van der Waals surface area contributed by atoms with Crippen molar-refractivity contribution in [2.45, 2.75) is 65.3 Å². The average molecular weight is 244 g/mol. The zero-order chi connectivity index (χ0) is 12.3. The zero-order valence-corrected chi connectivity index (χ0v) is 11.7. The molecule has 16 heavy (non-hydrogen) atoms. The van der Waals surface area contributed by atoms with Crippen LogP contribution in [0.1, 0.15) is 65.6 Å². The predicted molar refractivity (Wildman–Crippen MR) is 68.0 cm³/mol. The minimum Gasteiger partial charge on any atom is -0.295 e. The molecule has 1 aromatic heterocycles. The number of nitrogens with zero attached hydrogens (tertiary/aromatic N) is 3. The third-order valence-corrected chi connectivity index (χ3v) is 3.86. The topological polar surface area (TPSA) is 30.7 Å². The molecule has 0 aliphatic rings. The van der Waals surface area contributed by atoms with E-state index in [4.69, 9.17) is 11.6 Å². The van der Waals surface area contributed by atoms with Gasteiger partial charge < -0.3 is 0 Å². The quantitative estimate of drug-likeness (QED) is 0.783. The first-order chi connectivity index (χ1) is 7.52. The third kappa shape index (κ3) is 2.10. The maximum Gasteiger partial charge on any atom is 0.225 e. The molecular formula is C12H22ClN3. The van der Waals surface area contributed by atoms with E-state index in [9.17, 15) is 0 Å². The van der Waals surface area contributed by atoms with Gasteiger partial charge in [-0.15, -0.1) is 10.2 Å². The summed E-state index contributed by atoms with van der Waals surface area (Å²) in [4.78, 5) is 0. The fourth-order valence-electron chi connectivity index (χ4n) is 2.31. The molecule has 4 heteroatoms. The number of halogens is 1. The van der Waals surface area contributed by atoms with Gasteiger partial charge in [-0.25, -0.2) is 0 Å². The van der Waals surface area contributed by atoms with Crippen molar-refractivity contribution in [3.8, 4) is 0 Å². The Bertz CT molecular complexity index is 332. The second-order valence-electron chi connectivity index (χ2n) is 4.60. The van der Waals surface area contributed by atoms with E-state index in [0.29, 0.717) is 11.2 Å². The lowest BCUT2D eigenvalue weighted by Crippen LogP contribution is -2.33. The molecule has 3 nitrogen and oxygen atoms in total. The van der Waals surface area contributed by atoms with Crippen LogP contribution in [0, 0.1) is 0 Å². The van der Waals surface area contributed by atoms with Crippen molar-refractivity contribution in [2.75, 3.05) is 0 Å². The van der Waals surface area contributed by atoms with E-state index in [2.05, 4.69) is 49.4 Å². The van der Waals surface area contributed by atoms with E-state index in [1.165, 1.54) is 0 Å². The molecule has 0 aromatic carbocycles. The van der Waals surface area contributed by atoms with Gasteiger partial charge in [0.1, 0.15) is 5.82 Å². The molecule has 0 spiro atoms. The molecule has 0 radical (unpaired) electrons. The highest BCUT2D eigenvalue weighted by Crippen LogP contribution is 2.34. The first-order valence-electron chi connectivity index (χ1n) is 6.13. The van der Waals surface area contributed by atoms with Crippen molar-refractivity contribution in [3.63, 3.8) is 0 Å². The van der Waals surface area contributed by atoms with Crippen LogP contribution in [0.4, 0.5) is 0 Å².